The lowest BCUT2D eigenvalue weighted by Gasteiger charge is -2.24. The average molecular weight is 308 g/mol. The van der Waals surface area contributed by atoms with Crippen LogP contribution in [0.15, 0.2) is 41.8 Å². The highest BCUT2D eigenvalue weighted by Crippen LogP contribution is 2.25. The zero-order valence-corrected chi connectivity index (χ0v) is 12.9. The fourth-order valence-electron chi connectivity index (χ4n) is 2.47. The van der Waals surface area contributed by atoms with E-state index in [1.165, 1.54) is 10.4 Å². The van der Waals surface area contributed by atoms with Crippen LogP contribution in [0.25, 0.3) is 0 Å². The first kappa shape index (κ1) is 15.7. The number of rotatable bonds is 5. The molecule has 0 spiro atoms. The highest BCUT2D eigenvalue weighted by molar-refractivity contribution is 7.89. The van der Waals surface area contributed by atoms with Crippen LogP contribution < -0.4 is 5.32 Å². The van der Waals surface area contributed by atoms with E-state index >= 15 is 0 Å². The summed E-state index contributed by atoms with van der Waals surface area (Å²) in [6, 6.07) is 6.64. The average Bonchev–Trinajstić information content (AvgIpc) is 2.94. The molecule has 1 saturated heterocycles. The number of amides is 1. The summed E-state index contributed by atoms with van der Waals surface area (Å²) in [5.41, 5.74) is 1.02. The van der Waals surface area contributed by atoms with Gasteiger partial charge in [0.1, 0.15) is 0 Å². The normalized spacial score (nSPS) is 19.4. The van der Waals surface area contributed by atoms with Gasteiger partial charge in [0, 0.05) is 19.1 Å². The Kier molecular flexibility index (Phi) is 4.80. The number of benzene rings is 1. The first-order chi connectivity index (χ1) is 9.95. The maximum Gasteiger partial charge on any atom is 0.243 e. The zero-order valence-electron chi connectivity index (χ0n) is 12.1. The van der Waals surface area contributed by atoms with Crippen LogP contribution in [-0.2, 0) is 14.8 Å². The molecule has 6 heteroatoms. The predicted octanol–water partition coefficient (Wildman–Crippen LogP) is 1.45. The van der Waals surface area contributed by atoms with Crippen molar-refractivity contribution >= 4 is 15.9 Å². The number of carbonyl (C=O) groups excluding carboxylic acids is 1. The maximum absolute atomic E-state index is 12.7. The molecule has 1 atom stereocenters. The standard InChI is InChI=1S/C15H20N2O3S/c1-3-15(18)16-11-13-5-4-10-17(13)21(19,20)14-8-6-12(2)7-9-14/h3,6-9,13H,1,4-5,10-11H2,2H3,(H,16,18)/t13-/m1/s1. The number of carbonyl (C=O) groups is 1. The third-order valence-electron chi connectivity index (χ3n) is 3.65. The van der Waals surface area contributed by atoms with Crippen LogP contribution in [0.3, 0.4) is 0 Å². The van der Waals surface area contributed by atoms with E-state index in [-0.39, 0.29) is 11.9 Å². The van der Waals surface area contributed by atoms with Crippen LogP contribution in [0, 0.1) is 6.92 Å². The van der Waals surface area contributed by atoms with Gasteiger partial charge >= 0.3 is 0 Å². The molecule has 5 nitrogen and oxygen atoms in total. The van der Waals surface area contributed by atoms with E-state index < -0.39 is 10.0 Å². The molecule has 0 bridgehead atoms. The molecule has 1 N–H and O–H groups in total. The van der Waals surface area contributed by atoms with Gasteiger partial charge in [-0.1, -0.05) is 24.3 Å². The molecular formula is C15H20N2O3S. The molecule has 1 aliphatic heterocycles. The summed E-state index contributed by atoms with van der Waals surface area (Å²) in [5.74, 6) is -0.283. The molecule has 21 heavy (non-hydrogen) atoms. The fourth-order valence-corrected chi connectivity index (χ4v) is 4.16. The van der Waals surface area contributed by atoms with Crippen molar-refractivity contribution in [2.24, 2.45) is 0 Å². The van der Waals surface area contributed by atoms with E-state index in [0.717, 1.165) is 18.4 Å². The van der Waals surface area contributed by atoms with E-state index in [2.05, 4.69) is 11.9 Å². The van der Waals surface area contributed by atoms with Crippen LogP contribution in [0.5, 0.6) is 0 Å². The van der Waals surface area contributed by atoms with Crippen molar-refractivity contribution in [3.05, 3.63) is 42.5 Å². The summed E-state index contributed by atoms with van der Waals surface area (Å²) in [6.07, 6.45) is 2.75. The molecular weight excluding hydrogens is 288 g/mol. The van der Waals surface area contributed by atoms with Crippen molar-refractivity contribution in [3.63, 3.8) is 0 Å². The lowest BCUT2D eigenvalue weighted by molar-refractivity contribution is -0.116. The van der Waals surface area contributed by atoms with Crippen molar-refractivity contribution in [1.29, 1.82) is 0 Å². The second-order valence-electron chi connectivity index (χ2n) is 5.17. The SMILES string of the molecule is C=CC(=O)NC[C@H]1CCCN1S(=O)(=O)c1ccc(C)cc1. The number of sulfonamides is 1. The molecule has 1 aromatic carbocycles. The summed E-state index contributed by atoms with van der Waals surface area (Å²) >= 11 is 0. The van der Waals surface area contributed by atoms with Gasteiger partial charge in [0.2, 0.25) is 15.9 Å². The Hall–Kier alpha value is -1.66. The molecule has 0 aromatic heterocycles. The predicted molar refractivity (Wildman–Crippen MR) is 81.3 cm³/mol. The number of nitrogens with one attached hydrogen (secondary N) is 1. The highest BCUT2D eigenvalue weighted by Gasteiger charge is 2.35. The Labute approximate surface area is 125 Å². The van der Waals surface area contributed by atoms with Gasteiger partial charge < -0.3 is 5.32 Å². The van der Waals surface area contributed by atoms with Gasteiger partial charge in [0.25, 0.3) is 0 Å². The van der Waals surface area contributed by atoms with Gasteiger partial charge in [0.15, 0.2) is 0 Å². The van der Waals surface area contributed by atoms with Crippen molar-refractivity contribution < 1.29 is 13.2 Å². The second kappa shape index (κ2) is 6.41. The monoisotopic (exact) mass is 308 g/mol. The summed E-state index contributed by atoms with van der Waals surface area (Å²) in [6.45, 7) is 6.11. The van der Waals surface area contributed by atoms with Gasteiger partial charge in [0.05, 0.1) is 4.90 Å². The fraction of sp³-hybridized carbons (Fsp3) is 0.400. The van der Waals surface area contributed by atoms with Crippen LogP contribution in [0.2, 0.25) is 0 Å². The number of hydrogen-bond donors (Lipinski definition) is 1. The Bertz CT molecular complexity index is 623. The van der Waals surface area contributed by atoms with Crippen LogP contribution in [0.4, 0.5) is 0 Å². The molecule has 0 radical (unpaired) electrons. The van der Waals surface area contributed by atoms with Crippen molar-refractivity contribution in [1.82, 2.24) is 9.62 Å². The summed E-state index contributed by atoms with van der Waals surface area (Å²) in [7, 11) is -3.50. The van der Waals surface area contributed by atoms with Crippen LogP contribution in [-0.4, -0.2) is 37.8 Å². The van der Waals surface area contributed by atoms with Crippen LogP contribution >= 0.6 is 0 Å². The molecule has 1 heterocycles. The molecule has 114 valence electrons. The molecule has 0 aliphatic carbocycles. The molecule has 1 fully saturated rings. The quantitative estimate of drug-likeness (QED) is 0.837. The Morgan fingerprint density at radius 3 is 2.71 bits per heavy atom. The van der Waals surface area contributed by atoms with E-state index in [4.69, 9.17) is 0 Å². The minimum atomic E-state index is -3.50. The molecule has 1 aliphatic rings. The molecule has 0 unspecified atom stereocenters. The van der Waals surface area contributed by atoms with Crippen molar-refractivity contribution in [3.8, 4) is 0 Å². The van der Waals surface area contributed by atoms with Crippen LogP contribution in [0.1, 0.15) is 18.4 Å². The molecule has 0 saturated carbocycles. The number of aryl methyl sites for hydroxylation is 1. The second-order valence-corrected chi connectivity index (χ2v) is 7.06. The summed E-state index contributed by atoms with van der Waals surface area (Å²) in [4.78, 5) is 11.5. The lowest BCUT2D eigenvalue weighted by Crippen LogP contribution is -2.42. The van der Waals surface area contributed by atoms with E-state index in [1.54, 1.807) is 24.3 Å². The first-order valence-corrected chi connectivity index (χ1v) is 8.38. The Morgan fingerprint density at radius 1 is 1.43 bits per heavy atom. The zero-order chi connectivity index (χ0) is 15.5. The van der Waals surface area contributed by atoms with Gasteiger partial charge in [-0.3, -0.25) is 4.79 Å². The molecule has 1 aromatic rings. The third kappa shape index (κ3) is 3.51. The largest absolute Gasteiger partial charge is 0.351 e. The smallest absolute Gasteiger partial charge is 0.243 e. The van der Waals surface area contributed by atoms with Crippen molar-refractivity contribution in [2.45, 2.75) is 30.7 Å². The summed E-state index contributed by atoms with van der Waals surface area (Å²) in [5, 5.41) is 2.67. The van der Waals surface area contributed by atoms with Gasteiger partial charge in [-0.2, -0.15) is 4.31 Å². The molecule has 1 amide bonds. The summed E-state index contributed by atoms with van der Waals surface area (Å²) < 4.78 is 26.8. The van der Waals surface area contributed by atoms with Gasteiger partial charge in [-0.25, -0.2) is 8.42 Å². The highest BCUT2D eigenvalue weighted by atomic mass is 32.2. The van der Waals surface area contributed by atoms with Gasteiger partial charge in [-0.15, -0.1) is 0 Å². The third-order valence-corrected chi connectivity index (χ3v) is 5.61. The molecule has 2 rings (SSSR count). The van der Waals surface area contributed by atoms with E-state index in [1.807, 2.05) is 6.92 Å². The number of hydrogen-bond acceptors (Lipinski definition) is 3. The number of nitrogens with zero attached hydrogens (tertiary/aromatic N) is 1. The topological polar surface area (TPSA) is 66.5 Å². The minimum absolute atomic E-state index is 0.194. The Balaban J connectivity index is 2.16. The Morgan fingerprint density at radius 2 is 2.10 bits per heavy atom. The van der Waals surface area contributed by atoms with Crippen molar-refractivity contribution in [2.75, 3.05) is 13.1 Å². The maximum atomic E-state index is 12.7. The van der Waals surface area contributed by atoms with E-state index in [0.29, 0.717) is 18.0 Å². The van der Waals surface area contributed by atoms with Gasteiger partial charge in [-0.05, 0) is 38.0 Å². The lowest BCUT2D eigenvalue weighted by atomic mass is 10.2. The first-order valence-electron chi connectivity index (χ1n) is 6.94. The van der Waals surface area contributed by atoms with E-state index in [9.17, 15) is 13.2 Å². The minimum Gasteiger partial charge on any atom is -0.351 e.